The molecule has 10 heteroatoms. The number of sulfonamides is 1. The summed E-state index contributed by atoms with van der Waals surface area (Å²) < 4.78 is 31.9. The smallest absolute Gasteiger partial charge is 0.404 e. The van der Waals surface area contributed by atoms with Gasteiger partial charge in [0, 0.05) is 18.0 Å². The molecule has 0 radical (unpaired) electrons. The number of hydrogen-bond donors (Lipinski definition) is 3. The summed E-state index contributed by atoms with van der Waals surface area (Å²) in [7, 11) is -3.65. The topological polar surface area (TPSA) is 122 Å². The molecule has 1 amide bonds. The van der Waals surface area contributed by atoms with Crippen molar-refractivity contribution in [2.24, 2.45) is 0 Å². The highest BCUT2D eigenvalue weighted by atomic mass is 35.5. The number of carbonyl (C=O) groups excluding carboxylic acids is 1. The largest absolute Gasteiger partial charge is 0.465 e. The summed E-state index contributed by atoms with van der Waals surface area (Å²) in [5, 5.41) is 11.0. The minimum Gasteiger partial charge on any atom is -0.465 e. The minimum atomic E-state index is -3.65. The summed E-state index contributed by atoms with van der Waals surface area (Å²) in [6, 6.07) is 2.37. The average molecular weight is 391 g/mol. The molecule has 1 heterocycles. The zero-order chi connectivity index (χ0) is 18.6. The van der Waals surface area contributed by atoms with Gasteiger partial charge in [-0.15, -0.1) is 11.6 Å². The number of cyclic esters (lactones) is 1. The summed E-state index contributed by atoms with van der Waals surface area (Å²) in [5.74, 6) is -0.380. The minimum absolute atomic E-state index is 0.117. The summed E-state index contributed by atoms with van der Waals surface area (Å²) in [6.45, 7) is 1.72. The molecule has 1 aromatic rings. The molecule has 8 nitrogen and oxygen atoms in total. The Balaban J connectivity index is 2.32. The Labute approximate surface area is 150 Å². The number of benzene rings is 1. The molecule has 3 N–H and O–H groups in total. The highest BCUT2D eigenvalue weighted by Crippen LogP contribution is 2.29. The van der Waals surface area contributed by atoms with Gasteiger partial charge in [0.15, 0.2) is 0 Å². The van der Waals surface area contributed by atoms with Gasteiger partial charge in [-0.2, -0.15) is 0 Å². The number of halogens is 1. The van der Waals surface area contributed by atoms with Crippen LogP contribution in [0.5, 0.6) is 0 Å². The Hall–Kier alpha value is -1.84. The highest BCUT2D eigenvalue weighted by Gasteiger charge is 2.28. The molecule has 0 bridgehead atoms. The van der Waals surface area contributed by atoms with Crippen LogP contribution in [0, 0.1) is 6.92 Å². The van der Waals surface area contributed by atoms with E-state index in [1.54, 1.807) is 19.1 Å². The number of carboxylic acid groups (broad SMARTS) is 1. The van der Waals surface area contributed by atoms with Crippen molar-refractivity contribution in [3.8, 4) is 0 Å². The third-order valence-electron chi connectivity index (χ3n) is 3.91. The number of rotatable bonds is 8. The molecule has 0 aromatic heterocycles. The van der Waals surface area contributed by atoms with Gasteiger partial charge in [0.2, 0.25) is 10.0 Å². The average Bonchev–Trinajstić information content (AvgIpc) is 2.92. The molecule has 1 atom stereocenters. The maximum absolute atomic E-state index is 12.2. The van der Waals surface area contributed by atoms with Gasteiger partial charge in [0.25, 0.3) is 0 Å². The van der Waals surface area contributed by atoms with Crippen molar-refractivity contribution in [2.75, 3.05) is 18.2 Å². The van der Waals surface area contributed by atoms with E-state index >= 15 is 0 Å². The van der Waals surface area contributed by atoms with Gasteiger partial charge in [-0.1, -0.05) is 6.07 Å². The van der Waals surface area contributed by atoms with E-state index in [4.69, 9.17) is 21.4 Å². The normalized spacial score (nSPS) is 14.7. The van der Waals surface area contributed by atoms with E-state index in [2.05, 4.69) is 10.0 Å². The van der Waals surface area contributed by atoms with Crippen molar-refractivity contribution in [1.29, 1.82) is 0 Å². The molecular formula is C15H19ClN2O6S. The zero-order valence-corrected chi connectivity index (χ0v) is 15.1. The number of amides is 1. The van der Waals surface area contributed by atoms with E-state index in [-0.39, 0.29) is 31.2 Å². The number of alkyl halides is 1. The first-order valence-electron chi connectivity index (χ1n) is 7.57. The molecule has 2 rings (SSSR count). The summed E-state index contributed by atoms with van der Waals surface area (Å²) >= 11 is 5.54. The van der Waals surface area contributed by atoms with Crippen LogP contribution in [0.2, 0.25) is 0 Å². The lowest BCUT2D eigenvalue weighted by atomic mass is 9.94. The summed E-state index contributed by atoms with van der Waals surface area (Å²) in [4.78, 5) is 22.4. The Morgan fingerprint density at radius 3 is 2.80 bits per heavy atom. The predicted molar refractivity (Wildman–Crippen MR) is 91.3 cm³/mol. The lowest BCUT2D eigenvalue weighted by Crippen LogP contribution is -2.38. The summed E-state index contributed by atoms with van der Waals surface area (Å²) in [6.07, 6.45) is -0.983. The molecule has 1 aromatic carbocycles. The molecule has 0 saturated heterocycles. The van der Waals surface area contributed by atoms with Crippen molar-refractivity contribution < 1.29 is 27.9 Å². The van der Waals surface area contributed by atoms with Gasteiger partial charge >= 0.3 is 12.1 Å². The van der Waals surface area contributed by atoms with Crippen LogP contribution in [0.1, 0.15) is 39.5 Å². The second-order valence-corrected chi connectivity index (χ2v) is 7.85. The van der Waals surface area contributed by atoms with Crippen LogP contribution in [-0.2, 0) is 21.4 Å². The molecule has 1 aliphatic heterocycles. The van der Waals surface area contributed by atoms with Crippen LogP contribution in [0.3, 0.4) is 0 Å². The summed E-state index contributed by atoms with van der Waals surface area (Å²) in [5.41, 5.74) is 2.40. The van der Waals surface area contributed by atoms with Crippen molar-refractivity contribution in [2.45, 2.75) is 26.0 Å². The fraction of sp³-hybridized carbons (Fsp3) is 0.467. The Kier molecular flexibility index (Phi) is 6.26. The van der Waals surface area contributed by atoms with E-state index in [0.29, 0.717) is 22.3 Å². The number of esters is 1. The molecule has 0 spiro atoms. The molecule has 0 aliphatic carbocycles. The van der Waals surface area contributed by atoms with Crippen LogP contribution in [0.25, 0.3) is 0 Å². The Bertz CT molecular complexity index is 780. The monoisotopic (exact) mass is 390 g/mol. The van der Waals surface area contributed by atoms with Gasteiger partial charge in [0.05, 0.1) is 17.4 Å². The molecule has 25 heavy (non-hydrogen) atoms. The molecule has 0 unspecified atom stereocenters. The number of nitrogens with one attached hydrogen (secondary N) is 2. The maximum Gasteiger partial charge on any atom is 0.404 e. The van der Waals surface area contributed by atoms with Gasteiger partial charge in [-0.3, -0.25) is 0 Å². The maximum atomic E-state index is 12.2. The van der Waals surface area contributed by atoms with Crippen molar-refractivity contribution in [3.63, 3.8) is 0 Å². The van der Waals surface area contributed by atoms with Crippen LogP contribution < -0.4 is 10.0 Å². The second kappa shape index (κ2) is 8.03. The number of ether oxygens (including phenoxy) is 1. The van der Waals surface area contributed by atoms with E-state index in [9.17, 15) is 18.0 Å². The van der Waals surface area contributed by atoms with E-state index in [1.807, 2.05) is 0 Å². The Morgan fingerprint density at radius 2 is 2.16 bits per heavy atom. The number of fused-ring (bicyclic) bond motifs is 1. The Morgan fingerprint density at radius 1 is 1.44 bits per heavy atom. The van der Waals surface area contributed by atoms with E-state index < -0.39 is 28.1 Å². The first kappa shape index (κ1) is 19.5. The molecular weight excluding hydrogens is 372 g/mol. The van der Waals surface area contributed by atoms with Crippen LogP contribution in [0.15, 0.2) is 12.1 Å². The fourth-order valence-corrected chi connectivity index (χ4v) is 4.25. The van der Waals surface area contributed by atoms with Crippen molar-refractivity contribution >= 4 is 33.7 Å². The standard InChI is InChI=1S/C15H19ClN2O6S/c1-9-10(3-4-11-12(9)8-24-14(11)19)13(7-17-15(20)21)18-25(22,23)6-2-5-16/h3-4,13,17-18H,2,5-8H2,1H3,(H,20,21)/t13-/m0/s1. The zero-order valence-electron chi connectivity index (χ0n) is 13.5. The third-order valence-corrected chi connectivity index (χ3v) is 5.65. The highest BCUT2D eigenvalue weighted by molar-refractivity contribution is 7.89. The lowest BCUT2D eigenvalue weighted by Gasteiger charge is -2.22. The molecule has 0 fully saturated rings. The van der Waals surface area contributed by atoms with Gasteiger partial charge in [-0.25, -0.2) is 22.7 Å². The first-order chi connectivity index (χ1) is 11.7. The van der Waals surface area contributed by atoms with Gasteiger partial charge in [-0.05, 0) is 30.5 Å². The van der Waals surface area contributed by atoms with Crippen LogP contribution in [0.4, 0.5) is 4.79 Å². The predicted octanol–water partition coefficient (Wildman–Crippen LogP) is 1.52. The molecule has 1 aliphatic rings. The van der Waals surface area contributed by atoms with E-state index in [1.165, 1.54) is 0 Å². The van der Waals surface area contributed by atoms with E-state index in [0.717, 1.165) is 0 Å². The quantitative estimate of drug-likeness (QED) is 0.457. The number of carbonyl (C=O) groups is 2. The number of hydrogen-bond acceptors (Lipinski definition) is 5. The van der Waals surface area contributed by atoms with Crippen molar-refractivity contribution in [3.05, 3.63) is 34.4 Å². The van der Waals surface area contributed by atoms with Gasteiger partial charge < -0.3 is 15.2 Å². The second-order valence-electron chi connectivity index (χ2n) is 5.60. The third kappa shape index (κ3) is 4.83. The fourth-order valence-electron chi connectivity index (χ4n) is 2.67. The van der Waals surface area contributed by atoms with Crippen molar-refractivity contribution in [1.82, 2.24) is 10.0 Å². The van der Waals surface area contributed by atoms with Crippen LogP contribution in [-0.4, -0.2) is 43.8 Å². The molecule has 138 valence electrons. The van der Waals surface area contributed by atoms with Gasteiger partial charge in [0.1, 0.15) is 6.61 Å². The SMILES string of the molecule is Cc1c([C@H](CNC(=O)O)NS(=O)(=O)CCCCl)ccc2c1COC2=O. The lowest BCUT2D eigenvalue weighted by molar-refractivity contribution is 0.0535. The first-order valence-corrected chi connectivity index (χ1v) is 9.76. The molecule has 0 saturated carbocycles. The van der Waals surface area contributed by atoms with Crippen LogP contribution >= 0.6 is 11.6 Å².